The van der Waals surface area contributed by atoms with Gasteiger partial charge in [-0.15, -0.1) is 0 Å². The molecular formula is C28H46O. The number of rotatable bonds is 4. The highest BCUT2D eigenvalue weighted by Gasteiger charge is 2.59. The van der Waals surface area contributed by atoms with Crippen molar-refractivity contribution in [3.8, 4) is 0 Å². The molecule has 0 radical (unpaired) electrons. The summed E-state index contributed by atoms with van der Waals surface area (Å²) in [4.78, 5) is 0. The summed E-state index contributed by atoms with van der Waals surface area (Å²) in [5, 5.41) is 10.2. The summed E-state index contributed by atoms with van der Waals surface area (Å²) in [5.74, 6) is 4.47. The summed E-state index contributed by atoms with van der Waals surface area (Å²) in [6, 6.07) is 0. The molecule has 164 valence electrons. The van der Waals surface area contributed by atoms with Crippen molar-refractivity contribution in [1.82, 2.24) is 0 Å². The molecule has 0 saturated heterocycles. The van der Waals surface area contributed by atoms with Crippen molar-refractivity contribution in [1.29, 1.82) is 0 Å². The average molecular weight is 399 g/mol. The maximum Gasteiger partial charge on any atom is 0.0577 e. The van der Waals surface area contributed by atoms with Gasteiger partial charge in [0.25, 0.3) is 0 Å². The summed E-state index contributed by atoms with van der Waals surface area (Å²) in [6.45, 7) is 14.7. The van der Waals surface area contributed by atoms with E-state index < -0.39 is 0 Å². The Kier molecular flexibility index (Phi) is 5.86. The Morgan fingerprint density at radius 1 is 1.07 bits per heavy atom. The fourth-order valence-electron chi connectivity index (χ4n) is 8.51. The second kappa shape index (κ2) is 7.85. The molecule has 0 unspecified atom stereocenters. The predicted octanol–water partition coefficient (Wildman–Crippen LogP) is 7.70. The van der Waals surface area contributed by atoms with Gasteiger partial charge in [-0.25, -0.2) is 0 Å². The molecule has 0 amide bonds. The van der Waals surface area contributed by atoms with Crippen molar-refractivity contribution in [3.05, 3.63) is 22.8 Å². The van der Waals surface area contributed by atoms with Crippen LogP contribution in [0.15, 0.2) is 22.8 Å². The third-order valence-corrected chi connectivity index (χ3v) is 10.7. The normalized spacial score (nSPS) is 44.9. The Labute approximate surface area is 180 Å². The van der Waals surface area contributed by atoms with Crippen LogP contribution >= 0.6 is 0 Å². The third kappa shape index (κ3) is 3.58. The van der Waals surface area contributed by atoms with E-state index in [4.69, 9.17) is 0 Å². The van der Waals surface area contributed by atoms with Crippen LogP contribution in [0.3, 0.4) is 0 Å². The molecule has 1 nitrogen and oxygen atoms in total. The quantitative estimate of drug-likeness (QED) is 0.481. The molecule has 4 aliphatic rings. The monoisotopic (exact) mass is 398 g/mol. The fourth-order valence-corrected chi connectivity index (χ4v) is 8.51. The maximum absolute atomic E-state index is 10.2. The average Bonchev–Trinajstić information content (AvgIpc) is 3.03. The number of hydrogen-bond donors (Lipinski definition) is 1. The number of allylic oxidation sites excluding steroid dienone is 3. The molecule has 0 aromatic heterocycles. The molecule has 0 aliphatic heterocycles. The van der Waals surface area contributed by atoms with E-state index in [2.05, 4.69) is 47.6 Å². The maximum atomic E-state index is 10.2. The molecular weight excluding hydrogens is 352 g/mol. The van der Waals surface area contributed by atoms with Gasteiger partial charge in [-0.05, 0) is 125 Å². The number of hydrogen-bond acceptors (Lipinski definition) is 1. The fraction of sp³-hybridized carbons (Fsp3) is 0.857. The van der Waals surface area contributed by atoms with Crippen LogP contribution in [0.2, 0.25) is 0 Å². The summed E-state index contributed by atoms with van der Waals surface area (Å²) >= 11 is 0. The molecule has 1 N–H and O–H groups in total. The second-order valence-corrected chi connectivity index (χ2v) is 12.2. The van der Waals surface area contributed by atoms with Gasteiger partial charge in [0.15, 0.2) is 0 Å². The Balaban J connectivity index is 1.51. The minimum Gasteiger partial charge on any atom is -0.393 e. The molecule has 0 aromatic carbocycles. The largest absolute Gasteiger partial charge is 0.393 e. The summed E-state index contributed by atoms with van der Waals surface area (Å²) in [6.07, 6.45) is 15.4. The third-order valence-electron chi connectivity index (χ3n) is 10.7. The number of aliphatic hydroxyl groups excluding tert-OH is 1. The van der Waals surface area contributed by atoms with Gasteiger partial charge in [0, 0.05) is 0 Å². The molecule has 1 heteroatoms. The zero-order valence-electron chi connectivity index (χ0n) is 20.1. The van der Waals surface area contributed by atoms with Crippen LogP contribution in [-0.2, 0) is 0 Å². The SMILES string of the molecule is CC(C)=C(C)CC[C@@H](C)[C@H]1CC[C@H]2[C@@H]3CC=C4C[C@@H](O)CC[C@]4(C)[C@H]3CC[C@]12C. The molecule has 0 spiro atoms. The Morgan fingerprint density at radius 3 is 2.55 bits per heavy atom. The first kappa shape index (κ1) is 21.7. The van der Waals surface area contributed by atoms with Crippen molar-refractivity contribution in [2.45, 2.75) is 112 Å². The lowest BCUT2D eigenvalue weighted by Crippen LogP contribution is -2.50. The summed E-state index contributed by atoms with van der Waals surface area (Å²) in [5.41, 5.74) is 5.69. The van der Waals surface area contributed by atoms with Crippen molar-refractivity contribution < 1.29 is 5.11 Å². The summed E-state index contributed by atoms with van der Waals surface area (Å²) < 4.78 is 0. The van der Waals surface area contributed by atoms with Gasteiger partial charge < -0.3 is 5.11 Å². The first-order valence-corrected chi connectivity index (χ1v) is 12.7. The van der Waals surface area contributed by atoms with E-state index >= 15 is 0 Å². The topological polar surface area (TPSA) is 20.2 Å². The highest BCUT2D eigenvalue weighted by molar-refractivity contribution is 5.25. The molecule has 0 aromatic rings. The van der Waals surface area contributed by atoms with E-state index in [9.17, 15) is 5.11 Å². The second-order valence-electron chi connectivity index (χ2n) is 12.2. The van der Waals surface area contributed by atoms with Gasteiger partial charge in [0.05, 0.1) is 6.10 Å². The molecule has 3 saturated carbocycles. The van der Waals surface area contributed by atoms with E-state index in [0.717, 1.165) is 42.4 Å². The van der Waals surface area contributed by atoms with Crippen molar-refractivity contribution in [2.24, 2.45) is 40.4 Å². The van der Waals surface area contributed by atoms with Gasteiger partial charge >= 0.3 is 0 Å². The van der Waals surface area contributed by atoms with E-state index in [1.807, 2.05) is 0 Å². The van der Waals surface area contributed by atoms with E-state index in [1.165, 1.54) is 56.9 Å². The van der Waals surface area contributed by atoms with Crippen LogP contribution in [0.25, 0.3) is 0 Å². The molecule has 29 heavy (non-hydrogen) atoms. The lowest BCUT2D eigenvalue weighted by atomic mass is 9.47. The Hall–Kier alpha value is -0.560. The molecule has 4 rings (SSSR count). The van der Waals surface area contributed by atoms with E-state index in [0.29, 0.717) is 10.8 Å². The minimum atomic E-state index is -0.0827. The van der Waals surface area contributed by atoms with Crippen LogP contribution in [-0.4, -0.2) is 11.2 Å². The van der Waals surface area contributed by atoms with Crippen molar-refractivity contribution in [2.75, 3.05) is 0 Å². The van der Waals surface area contributed by atoms with Gasteiger partial charge in [-0.3, -0.25) is 0 Å². The van der Waals surface area contributed by atoms with E-state index in [1.54, 1.807) is 11.1 Å². The predicted molar refractivity (Wildman–Crippen MR) is 124 cm³/mol. The first-order chi connectivity index (χ1) is 13.7. The first-order valence-electron chi connectivity index (χ1n) is 12.7. The van der Waals surface area contributed by atoms with E-state index in [-0.39, 0.29) is 6.10 Å². The van der Waals surface area contributed by atoms with Gasteiger partial charge in [0.2, 0.25) is 0 Å². The number of aliphatic hydroxyl groups is 1. The van der Waals surface area contributed by atoms with Crippen LogP contribution in [0, 0.1) is 40.4 Å². The number of fused-ring (bicyclic) bond motifs is 5. The van der Waals surface area contributed by atoms with Gasteiger partial charge in [-0.2, -0.15) is 0 Å². The lowest BCUT2D eigenvalue weighted by molar-refractivity contribution is -0.0571. The van der Waals surface area contributed by atoms with Crippen molar-refractivity contribution >= 4 is 0 Å². The van der Waals surface area contributed by atoms with Crippen LogP contribution < -0.4 is 0 Å². The van der Waals surface area contributed by atoms with Crippen LogP contribution in [0.4, 0.5) is 0 Å². The molecule has 3 fully saturated rings. The molecule has 8 atom stereocenters. The molecule has 4 aliphatic carbocycles. The Morgan fingerprint density at radius 2 is 1.83 bits per heavy atom. The standard InChI is InChI=1S/C28H46O/c1-18(2)19(3)7-8-20(4)24-11-12-25-23-10-9-21-17-22(29)13-15-27(21,5)26(23)14-16-28(24,25)6/h9,20,22-26,29H,7-8,10-17H2,1-6H3/t20-,22+,23+,24-,25+,26+,27+,28-/m1/s1. The highest BCUT2D eigenvalue weighted by Crippen LogP contribution is 2.67. The molecule has 0 heterocycles. The van der Waals surface area contributed by atoms with Gasteiger partial charge in [-0.1, -0.05) is 43.6 Å². The summed E-state index contributed by atoms with van der Waals surface area (Å²) in [7, 11) is 0. The van der Waals surface area contributed by atoms with Crippen LogP contribution in [0.1, 0.15) is 106 Å². The smallest absolute Gasteiger partial charge is 0.0577 e. The highest BCUT2D eigenvalue weighted by atomic mass is 16.3. The Bertz CT molecular complexity index is 682. The van der Waals surface area contributed by atoms with Crippen molar-refractivity contribution in [3.63, 3.8) is 0 Å². The molecule has 0 bridgehead atoms. The minimum absolute atomic E-state index is 0.0827. The van der Waals surface area contributed by atoms with Gasteiger partial charge in [0.1, 0.15) is 0 Å². The lowest BCUT2D eigenvalue weighted by Gasteiger charge is -2.58. The van der Waals surface area contributed by atoms with Crippen LogP contribution in [0.5, 0.6) is 0 Å². The zero-order valence-corrected chi connectivity index (χ0v) is 20.1. The zero-order chi connectivity index (χ0) is 21.0.